The van der Waals surface area contributed by atoms with Crippen LogP contribution in [0.25, 0.3) is 131 Å². The van der Waals surface area contributed by atoms with Crippen molar-refractivity contribution in [2.75, 3.05) is 0 Å². The van der Waals surface area contributed by atoms with E-state index >= 15 is 0 Å². The van der Waals surface area contributed by atoms with Crippen molar-refractivity contribution in [3.63, 3.8) is 0 Å². The standard InChI is InChI=1S/C21H16.2C19H16.C15H12.C13H12.2C11H10.C7H8/c1-15-17-11-5-7-13-19(17)21(16-9-3-2-4-10-16)20-14-8-6-12-18(15)20;1-15-10-12-17(13-11-15)19-9-5-8-18(14-19)16-6-3-2-4-7-16;1-15-7-9-17(10-8-15)19-13-11-18(12-14-19)16-5-3-2-4-6-16;1-11-10-12-6-2-3-8-14(12)15-9-5-4-7-13(11)15;1-11-7-9-13(10-8-11)12-5-3-2-4-6-12;1-9-5-4-7-10-6-2-3-8-11(9)10;1-9-6-7-10-4-2-3-5-11(10)8-9;1-7-5-3-2-4-6-7/h2-14H,1H3;2*2-14H,1H3;2-10H,1H3;2-10H,1H3;2*2-8H,1H3;2-6H,1H3. The molecule has 0 N–H and O–H groups in total. The third-order valence-corrected chi connectivity index (χ3v) is 21.0. The van der Waals surface area contributed by atoms with Crippen LogP contribution in [-0.2, 0) is 0 Å². The molecule has 0 aliphatic rings. The summed E-state index contributed by atoms with van der Waals surface area (Å²) >= 11 is 0. The van der Waals surface area contributed by atoms with Crippen LogP contribution in [0, 0.1) is 55.4 Å². The van der Waals surface area contributed by atoms with Crippen LogP contribution in [0.1, 0.15) is 44.5 Å². The van der Waals surface area contributed by atoms with E-state index in [-0.39, 0.29) is 0 Å². The summed E-state index contributed by atoms with van der Waals surface area (Å²) in [5, 5.41) is 16.1. The smallest absolute Gasteiger partial charge is 0.00266 e. The van der Waals surface area contributed by atoms with Gasteiger partial charge in [0, 0.05) is 0 Å². The van der Waals surface area contributed by atoms with E-state index < -0.39 is 0 Å². The average Bonchev–Trinajstić information content (AvgIpc) is 0.750. The number of fused-ring (bicyclic) bond motifs is 7. The zero-order valence-electron chi connectivity index (χ0n) is 67.9. The molecule has 0 heterocycles. The molecule has 0 saturated heterocycles. The Kier molecular flexibility index (Phi) is 27.9. The lowest BCUT2D eigenvalue weighted by Gasteiger charge is -2.15. The molecule has 0 heteroatoms. The summed E-state index contributed by atoms with van der Waals surface area (Å²) < 4.78 is 0. The first-order valence-corrected chi connectivity index (χ1v) is 40.2. The molecule has 0 saturated carbocycles. The molecular formula is C116H100. The van der Waals surface area contributed by atoms with Crippen molar-refractivity contribution in [2.24, 2.45) is 0 Å². The van der Waals surface area contributed by atoms with Crippen LogP contribution in [-0.4, -0.2) is 0 Å². The fourth-order valence-electron chi connectivity index (χ4n) is 14.6. The van der Waals surface area contributed by atoms with Crippen LogP contribution >= 0.6 is 0 Å². The van der Waals surface area contributed by atoms with E-state index in [9.17, 15) is 0 Å². The van der Waals surface area contributed by atoms with Gasteiger partial charge in [-0.1, -0.05) is 483 Å². The Morgan fingerprint density at radius 3 is 0.845 bits per heavy atom. The molecular weight excluding hydrogens is 1390 g/mol. The second kappa shape index (κ2) is 40.4. The van der Waals surface area contributed by atoms with Crippen LogP contribution < -0.4 is 0 Å². The molecule has 0 fully saturated rings. The maximum Gasteiger partial charge on any atom is -0.00266 e. The molecule has 564 valence electrons. The third kappa shape index (κ3) is 21.6. The molecule has 20 aromatic rings. The molecule has 0 aliphatic heterocycles. The second-order valence-corrected chi connectivity index (χ2v) is 29.6. The first-order valence-electron chi connectivity index (χ1n) is 40.2. The van der Waals surface area contributed by atoms with Crippen LogP contribution in [0.2, 0.25) is 0 Å². The van der Waals surface area contributed by atoms with Gasteiger partial charge < -0.3 is 0 Å². The molecule has 20 aromatic carbocycles. The molecule has 0 bridgehead atoms. The van der Waals surface area contributed by atoms with E-state index in [4.69, 9.17) is 0 Å². The summed E-state index contributed by atoms with van der Waals surface area (Å²) in [6, 6.07) is 162. The lowest BCUT2D eigenvalue weighted by molar-refractivity contribution is 1.47. The van der Waals surface area contributed by atoms with E-state index in [0.29, 0.717) is 0 Å². The quantitative estimate of drug-likeness (QED) is 0.115. The van der Waals surface area contributed by atoms with Crippen molar-refractivity contribution in [2.45, 2.75) is 55.4 Å². The molecule has 20 rings (SSSR count). The van der Waals surface area contributed by atoms with Crippen molar-refractivity contribution in [3.8, 4) is 66.8 Å². The van der Waals surface area contributed by atoms with Gasteiger partial charge in [0.2, 0.25) is 0 Å². The van der Waals surface area contributed by atoms with Crippen LogP contribution in [0.15, 0.2) is 461 Å². The van der Waals surface area contributed by atoms with E-state index in [1.54, 1.807) is 0 Å². The highest BCUT2D eigenvalue weighted by molar-refractivity contribution is 6.15. The van der Waals surface area contributed by atoms with E-state index in [1.165, 1.54) is 176 Å². The van der Waals surface area contributed by atoms with Gasteiger partial charge in [-0.15, -0.1) is 0 Å². The summed E-state index contributed by atoms with van der Waals surface area (Å²) in [6.07, 6.45) is 0. The van der Waals surface area contributed by atoms with Gasteiger partial charge in [0.15, 0.2) is 0 Å². The molecule has 0 radical (unpaired) electrons. The molecule has 0 amide bonds. The number of hydrogen-bond acceptors (Lipinski definition) is 0. The highest BCUT2D eigenvalue weighted by Gasteiger charge is 2.13. The molecule has 0 spiro atoms. The van der Waals surface area contributed by atoms with Crippen LogP contribution in [0.5, 0.6) is 0 Å². The summed E-state index contributed by atoms with van der Waals surface area (Å²) in [6.45, 7) is 17.1. The molecule has 0 unspecified atom stereocenters. The minimum atomic E-state index is 1.26. The van der Waals surface area contributed by atoms with Crippen LogP contribution in [0.3, 0.4) is 0 Å². The molecule has 0 aromatic heterocycles. The first kappa shape index (κ1) is 80.0. The summed E-state index contributed by atoms with van der Waals surface area (Å²) in [4.78, 5) is 0. The molecule has 0 atom stereocenters. The van der Waals surface area contributed by atoms with Crippen molar-refractivity contribution in [3.05, 3.63) is 506 Å². The van der Waals surface area contributed by atoms with Crippen molar-refractivity contribution in [1.29, 1.82) is 0 Å². The number of benzene rings is 20. The van der Waals surface area contributed by atoms with Gasteiger partial charge >= 0.3 is 0 Å². The average molecular weight is 1490 g/mol. The maximum absolute atomic E-state index is 2.26. The Labute approximate surface area is 687 Å². The maximum atomic E-state index is 2.26. The van der Waals surface area contributed by atoms with E-state index in [2.05, 4.69) is 480 Å². The predicted molar refractivity (Wildman–Crippen MR) is 507 cm³/mol. The van der Waals surface area contributed by atoms with Crippen molar-refractivity contribution < 1.29 is 0 Å². The zero-order valence-corrected chi connectivity index (χ0v) is 67.9. The monoisotopic (exact) mass is 1490 g/mol. The van der Waals surface area contributed by atoms with E-state index in [0.717, 1.165) is 0 Å². The lowest BCUT2D eigenvalue weighted by Crippen LogP contribution is -1.88. The normalized spacial score (nSPS) is 10.4. The number of rotatable bonds is 6. The summed E-state index contributed by atoms with van der Waals surface area (Å²) in [5.41, 5.74) is 25.9. The first-order chi connectivity index (χ1) is 56.9. The lowest BCUT2D eigenvalue weighted by atomic mass is 9.89. The third-order valence-electron chi connectivity index (χ3n) is 21.0. The largest absolute Gasteiger partial charge is 0.0622 e. The number of hydrogen-bond donors (Lipinski definition) is 0. The van der Waals surface area contributed by atoms with Crippen molar-refractivity contribution >= 4 is 64.6 Å². The van der Waals surface area contributed by atoms with Gasteiger partial charge in [-0.25, -0.2) is 0 Å². The Morgan fingerprint density at radius 2 is 0.405 bits per heavy atom. The van der Waals surface area contributed by atoms with Gasteiger partial charge in [0.1, 0.15) is 0 Å². The van der Waals surface area contributed by atoms with Gasteiger partial charge in [0.05, 0.1) is 0 Å². The summed E-state index contributed by atoms with van der Waals surface area (Å²) in [5.74, 6) is 0. The fourth-order valence-corrected chi connectivity index (χ4v) is 14.6. The molecule has 0 aliphatic carbocycles. The van der Waals surface area contributed by atoms with Crippen LogP contribution in [0.4, 0.5) is 0 Å². The minimum Gasteiger partial charge on any atom is -0.0622 e. The fraction of sp³-hybridized carbons (Fsp3) is 0.0690. The number of aryl methyl sites for hydroxylation is 8. The Balaban J connectivity index is 0.000000117. The van der Waals surface area contributed by atoms with Crippen molar-refractivity contribution in [1.82, 2.24) is 0 Å². The van der Waals surface area contributed by atoms with Gasteiger partial charge in [-0.2, -0.15) is 0 Å². The van der Waals surface area contributed by atoms with Gasteiger partial charge in [-0.3, -0.25) is 0 Å². The highest BCUT2D eigenvalue weighted by atomic mass is 14.2. The Hall–Kier alpha value is -14.0. The topological polar surface area (TPSA) is 0 Å². The van der Waals surface area contributed by atoms with Gasteiger partial charge in [0.25, 0.3) is 0 Å². The minimum absolute atomic E-state index is 1.26. The summed E-state index contributed by atoms with van der Waals surface area (Å²) in [7, 11) is 0. The molecule has 0 nitrogen and oxygen atoms in total. The Bertz CT molecular complexity index is 6380. The zero-order chi connectivity index (χ0) is 80.2. The van der Waals surface area contributed by atoms with E-state index in [1.807, 2.05) is 36.4 Å². The highest BCUT2D eigenvalue weighted by Crippen LogP contribution is 2.39. The predicted octanol–water partition coefficient (Wildman–Crippen LogP) is 32.9. The second-order valence-electron chi connectivity index (χ2n) is 29.6. The van der Waals surface area contributed by atoms with Gasteiger partial charge in [-0.05, 0) is 210 Å². The SMILES string of the molecule is Cc1c2ccccc2c(-c2ccccc2)c2ccccc12.Cc1cc2ccccc2c2ccccc12.Cc1ccc(-c2ccc(-c3ccccc3)cc2)cc1.Cc1ccc(-c2cccc(-c3ccccc3)c2)cc1.Cc1ccc(-c2ccccc2)cc1.Cc1ccc2ccccc2c1.Cc1cccc2ccccc12.Cc1ccccc1. The molecule has 116 heavy (non-hydrogen) atoms. The Morgan fingerprint density at radius 1 is 0.121 bits per heavy atom.